The lowest BCUT2D eigenvalue weighted by Gasteiger charge is -2.33. The monoisotopic (exact) mass is 812 g/mol. The Balaban J connectivity index is 0.864. The van der Waals surface area contributed by atoms with Crippen molar-refractivity contribution in [3.8, 4) is 33.4 Å². The SMILES string of the molecule is C1=C(c2ccc(-c3ccc4oc5ccccc5c4c3)cc2)NC(c2ccc(-c3ccc([SiH](c4ccccc4)c4ccccc4-c4ccccc4)cc3)cc2)NC1c1ccccc1. The summed E-state index contributed by atoms with van der Waals surface area (Å²) >= 11 is 0. The normalized spacial score (nSPS) is 15.5. The molecule has 0 fully saturated rings. The molecule has 1 aliphatic heterocycles. The number of para-hydroxylation sites is 1. The highest BCUT2D eigenvalue weighted by molar-refractivity contribution is 6.96. The van der Waals surface area contributed by atoms with Crippen LogP contribution in [0.2, 0.25) is 0 Å². The van der Waals surface area contributed by atoms with Gasteiger partial charge in [0.15, 0.2) is 0 Å². The van der Waals surface area contributed by atoms with Crippen LogP contribution in [0.15, 0.2) is 241 Å². The Morgan fingerprint density at radius 2 is 0.935 bits per heavy atom. The molecule has 0 aliphatic carbocycles. The van der Waals surface area contributed by atoms with Gasteiger partial charge in [-0.05, 0) is 79.5 Å². The van der Waals surface area contributed by atoms with Gasteiger partial charge in [0.1, 0.15) is 26.1 Å². The van der Waals surface area contributed by atoms with Crippen LogP contribution in [0.4, 0.5) is 0 Å². The summed E-state index contributed by atoms with van der Waals surface area (Å²) in [6, 6.07) is 83.6. The van der Waals surface area contributed by atoms with Crippen LogP contribution in [-0.4, -0.2) is 8.80 Å². The first-order chi connectivity index (χ1) is 30.7. The van der Waals surface area contributed by atoms with Crippen LogP contribution in [0.25, 0.3) is 61.0 Å². The summed E-state index contributed by atoms with van der Waals surface area (Å²) in [4.78, 5) is 0. The smallest absolute Gasteiger partial charge is 0.135 e. The van der Waals surface area contributed by atoms with Crippen molar-refractivity contribution in [1.29, 1.82) is 0 Å². The lowest BCUT2D eigenvalue weighted by molar-refractivity contribution is 0.443. The van der Waals surface area contributed by atoms with Crippen LogP contribution in [0.1, 0.15) is 28.9 Å². The van der Waals surface area contributed by atoms with Crippen LogP contribution in [0.5, 0.6) is 0 Å². The van der Waals surface area contributed by atoms with Crippen LogP contribution < -0.4 is 26.2 Å². The lowest BCUT2D eigenvalue weighted by atomic mass is 9.96. The molecule has 2 N–H and O–H groups in total. The molecule has 2 heterocycles. The molecule has 0 bridgehead atoms. The maximum absolute atomic E-state index is 6.10. The first-order valence-corrected chi connectivity index (χ1v) is 23.2. The van der Waals surface area contributed by atoms with Crippen molar-refractivity contribution < 1.29 is 4.42 Å². The number of benzene rings is 9. The molecule has 62 heavy (non-hydrogen) atoms. The summed E-state index contributed by atoms with van der Waals surface area (Å²) in [5.74, 6) is 0. The Hall–Kier alpha value is -7.50. The summed E-state index contributed by atoms with van der Waals surface area (Å²) < 4.78 is 6.10. The number of fused-ring (bicyclic) bond motifs is 3. The summed E-state index contributed by atoms with van der Waals surface area (Å²) in [5, 5.41) is 14.3. The lowest BCUT2D eigenvalue weighted by Crippen LogP contribution is -2.52. The van der Waals surface area contributed by atoms with Gasteiger partial charge in [-0.3, -0.25) is 5.32 Å². The molecule has 3 atom stereocenters. The third-order valence-electron chi connectivity index (χ3n) is 12.4. The molecule has 3 nitrogen and oxygen atoms in total. The molecule has 0 amide bonds. The second kappa shape index (κ2) is 16.5. The van der Waals surface area contributed by atoms with Crippen molar-refractivity contribution in [2.24, 2.45) is 0 Å². The van der Waals surface area contributed by atoms with E-state index in [1.807, 2.05) is 12.1 Å². The van der Waals surface area contributed by atoms with Crippen molar-refractivity contribution in [1.82, 2.24) is 10.6 Å². The summed E-state index contributed by atoms with van der Waals surface area (Å²) in [5.41, 5.74) is 13.8. The standard InChI is InChI=1S/C58H44N2OSi/c1-4-14-43(15-5-1)50-20-11-13-23-57(50)62(48-18-8-3-9-19-48)49-35-32-41(33-36-49)40-26-30-46(31-27-40)58-59-53(44-16-6-2-7-17-44)39-54(60-58)45-28-24-42(25-29-45)47-34-37-56-52(38-47)51-21-10-12-22-55(51)61-56/h1-39,53,58-60,62H. The molecule has 0 spiro atoms. The van der Waals surface area contributed by atoms with E-state index >= 15 is 0 Å². The van der Waals surface area contributed by atoms with E-state index in [4.69, 9.17) is 4.42 Å². The van der Waals surface area contributed by atoms with E-state index in [9.17, 15) is 0 Å². The second-order valence-electron chi connectivity index (χ2n) is 16.1. The van der Waals surface area contributed by atoms with E-state index in [-0.39, 0.29) is 12.2 Å². The van der Waals surface area contributed by atoms with E-state index in [1.165, 1.54) is 60.1 Å². The van der Waals surface area contributed by atoms with Gasteiger partial charge in [0.05, 0.1) is 6.04 Å². The topological polar surface area (TPSA) is 37.2 Å². The van der Waals surface area contributed by atoms with Crippen molar-refractivity contribution in [2.45, 2.75) is 12.2 Å². The molecular formula is C58H44N2OSi. The maximum Gasteiger partial charge on any atom is 0.135 e. The molecule has 11 rings (SSSR count). The average Bonchev–Trinajstić information content (AvgIpc) is 3.73. The van der Waals surface area contributed by atoms with Crippen LogP contribution in [0, 0.1) is 0 Å². The predicted octanol–water partition coefficient (Wildman–Crippen LogP) is 11.8. The van der Waals surface area contributed by atoms with Crippen molar-refractivity contribution in [3.63, 3.8) is 0 Å². The van der Waals surface area contributed by atoms with Gasteiger partial charge in [0, 0.05) is 16.5 Å². The van der Waals surface area contributed by atoms with Gasteiger partial charge < -0.3 is 9.73 Å². The van der Waals surface area contributed by atoms with Crippen LogP contribution >= 0.6 is 0 Å². The zero-order valence-corrected chi connectivity index (χ0v) is 35.3. The highest BCUT2D eigenvalue weighted by atomic mass is 28.3. The molecule has 0 radical (unpaired) electrons. The van der Waals surface area contributed by atoms with Gasteiger partial charge in [0.25, 0.3) is 0 Å². The Labute approximate surface area is 364 Å². The number of nitrogens with one attached hydrogen (secondary N) is 2. The Morgan fingerprint density at radius 1 is 0.387 bits per heavy atom. The van der Waals surface area contributed by atoms with E-state index in [0.29, 0.717) is 0 Å². The van der Waals surface area contributed by atoms with Crippen molar-refractivity contribution >= 4 is 52.0 Å². The highest BCUT2D eigenvalue weighted by Gasteiger charge is 2.25. The van der Waals surface area contributed by atoms with Crippen molar-refractivity contribution in [2.75, 3.05) is 0 Å². The molecule has 0 saturated heterocycles. The van der Waals surface area contributed by atoms with E-state index < -0.39 is 8.80 Å². The van der Waals surface area contributed by atoms with Gasteiger partial charge in [-0.2, -0.15) is 0 Å². The first-order valence-electron chi connectivity index (χ1n) is 21.4. The van der Waals surface area contributed by atoms with Gasteiger partial charge >= 0.3 is 0 Å². The molecule has 1 aliphatic rings. The minimum absolute atomic E-state index is 0.0369. The van der Waals surface area contributed by atoms with E-state index in [2.05, 4.69) is 235 Å². The number of hydrogen-bond acceptors (Lipinski definition) is 3. The largest absolute Gasteiger partial charge is 0.456 e. The highest BCUT2D eigenvalue weighted by Crippen LogP contribution is 2.35. The Bertz CT molecular complexity index is 3160. The molecular weight excluding hydrogens is 769 g/mol. The minimum atomic E-state index is -1.78. The van der Waals surface area contributed by atoms with Gasteiger partial charge in [-0.1, -0.05) is 223 Å². The molecule has 1 aromatic heterocycles. The van der Waals surface area contributed by atoms with Gasteiger partial charge in [-0.25, -0.2) is 0 Å². The van der Waals surface area contributed by atoms with Crippen LogP contribution in [-0.2, 0) is 0 Å². The first kappa shape index (κ1) is 37.5. The van der Waals surface area contributed by atoms with E-state index in [0.717, 1.165) is 33.2 Å². The molecule has 9 aromatic carbocycles. The van der Waals surface area contributed by atoms with Crippen molar-refractivity contribution in [3.05, 3.63) is 253 Å². The number of rotatable bonds is 9. The third-order valence-corrected chi connectivity index (χ3v) is 15.6. The summed E-state index contributed by atoms with van der Waals surface area (Å²) in [6.07, 6.45) is 2.22. The van der Waals surface area contributed by atoms with Gasteiger partial charge in [0.2, 0.25) is 0 Å². The molecule has 0 saturated carbocycles. The fourth-order valence-electron chi connectivity index (χ4n) is 9.16. The van der Waals surface area contributed by atoms with Crippen LogP contribution in [0.3, 0.4) is 0 Å². The second-order valence-corrected chi connectivity index (χ2v) is 19.0. The van der Waals surface area contributed by atoms with E-state index in [1.54, 1.807) is 0 Å². The third kappa shape index (κ3) is 7.36. The Kier molecular flexibility index (Phi) is 9.98. The summed E-state index contributed by atoms with van der Waals surface area (Å²) in [7, 11) is -1.78. The summed E-state index contributed by atoms with van der Waals surface area (Å²) in [6.45, 7) is 0. The molecule has 3 unspecified atom stereocenters. The zero-order chi connectivity index (χ0) is 41.2. The predicted molar refractivity (Wildman–Crippen MR) is 262 cm³/mol. The molecule has 10 aromatic rings. The quantitative estimate of drug-likeness (QED) is 0.113. The molecule has 296 valence electrons. The maximum atomic E-state index is 6.10. The average molecular weight is 813 g/mol. The molecule has 4 heteroatoms. The fourth-order valence-corrected chi connectivity index (χ4v) is 12.3. The fraction of sp³-hybridized carbons (Fsp3) is 0.0345. The Morgan fingerprint density at radius 3 is 1.69 bits per heavy atom. The minimum Gasteiger partial charge on any atom is -0.456 e. The zero-order valence-electron chi connectivity index (χ0n) is 34.2. The van der Waals surface area contributed by atoms with Gasteiger partial charge in [-0.15, -0.1) is 0 Å². The number of furan rings is 1. The number of hydrogen-bond donors (Lipinski definition) is 2.